The predicted octanol–water partition coefficient (Wildman–Crippen LogP) is 4.34. The molecule has 1 amide bonds. The average Bonchev–Trinajstić information content (AvgIpc) is 3.25. The second-order valence-electron chi connectivity index (χ2n) is 7.98. The Kier molecular flexibility index (Phi) is 6.64. The van der Waals surface area contributed by atoms with Crippen LogP contribution in [-0.2, 0) is 11.0 Å². The van der Waals surface area contributed by atoms with Crippen LogP contribution < -0.4 is 4.90 Å². The molecule has 6 nitrogen and oxygen atoms in total. The molecule has 1 saturated heterocycles. The highest BCUT2D eigenvalue weighted by Crippen LogP contribution is 2.32. The fourth-order valence-corrected chi connectivity index (χ4v) is 4.70. The minimum Gasteiger partial charge on any atom is -0.368 e. The summed E-state index contributed by atoms with van der Waals surface area (Å²) in [7, 11) is 0. The third kappa shape index (κ3) is 5.32. The molecule has 1 aliphatic heterocycles. The topological polar surface area (TPSA) is 54.3 Å². The molecular weight excluding hydrogens is 451 g/mol. The van der Waals surface area contributed by atoms with Gasteiger partial charge in [0.2, 0.25) is 5.91 Å². The molecule has 0 spiro atoms. The van der Waals surface area contributed by atoms with Gasteiger partial charge in [0.1, 0.15) is 6.33 Å². The Hall–Kier alpha value is -3.01. The van der Waals surface area contributed by atoms with Crippen molar-refractivity contribution in [1.29, 1.82) is 0 Å². The van der Waals surface area contributed by atoms with E-state index in [2.05, 4.69) is 16.3 Å². The first-order valence-electron chi connectivity index (χ1n) is 10.5. The summed E-state index contributed by atoms with van der Waals surface area (Å²) in [6, 6.07) is 11.4. The number of anilines is 1. The van der Waals surface area contributed by atoms with E-state index in [1.807, 2.05) is 35.4 Å². The van der Waals surface area contributed by atoms with E-state index < -0.39 is 11.7 Å². The molecule has 1 aliphatic rings. The van der Waals surface area contributed by atoms with Gasteiger partial charge in [-0.1, -0.05) is 35.5 Å². The SMILES string of the molecule is Cc1ccc(-n2cnnc2SCC(=O)N2CCN(c3cccc(C(F)(F)F)c3)CC2)c(C)c1. The molecule has 1 fully saturated rings. The minimum absolute atomic E-state index is 0.0288. The zero-order valence-electron chi connectivity index (χ0n) is 18.3. The number of aryl methyl sites for hydroxylation is 2. The largest absolute Gasteiger partial charge is 0.416 e. The van der Waals surface area contributed by atoms with Crippen molar-refractivity contribution < 1.29 is 18.0 Å². The summed E-state index contributed by atoms with van der Waals surface area (Å²) < 4.78 is 40.9. The smallest absolute Gasteiger partial charge is 0.368 e. The number of hydrogen-bond acceptors (Lipinski definition) is 5. The minimum atomic E-state index is -4.37. The highest BCUT2D eigenvalue weighted by Gasteiger charge is 2.31. The van der Waals surface area contributed by atoms with Crippen molar-refractivity contribution in [1.82, 2.24) is 19.7 Å². The number of carbonyl (C=O) groups is 1. The third-order valence-corrected chi connectivity index (χ3v) is 6.55. The van der Waals surface area contributed by atoms with Gasteiger partial charge >= 0.3 is 6.18 Å². The maximum absolute atomic E-state index is 13.0. The van der Waals surface area contributed by atoms with E-state index in [1.54, 1.807) is 17.3 Å². The Morgan fingerprint density at radius 3 is 2.52 bits per heavy atom. The lowest BCUT2D eigenvalue weighted by Gasteiger charge is -2.36. The number of aromatic nitrogens is 3. The van der Waals surface area contributed by atoms with E-state index in [1.165, 1.54) is 17.8 Å². The molecule has 33 heavy (non-hydrogen) atoms. The van der Waals surface area contributed by atoms with Gasteiger partial charge in [0.25, 0.3) is 0 Å². The Balaban J connectivity index is 1.34. The van der Waals surface area contributed by atoms with Crippen LogP contribution in [0.15, 0.2) is 53.9 Å². The average molecular weight is 476 g/mol. The van der Waals surface area contributed by atoms with Crippen molar-refractivity contribution in [3.05, 3.63) is 65.5 Å². The molecule has 10 heteroatoms. The molecule has 2 heterocycles. The first-order valence-corrected chi connectivity index (χ1v) is 11.5. The van der Waals surface area contributed by atoms with Gasteiger partial charge in [0.15, 0.2) is 5.16 Å². The van der Waals surface area contributed by atoms with Gasteiger partial charge in [-0.2, -0.15) is 13.2 Å². The quantitative estimate of drug-likeness (QED) is 0.514. The van der Waals surface area contributed by atoms with Gasteiger partial charge in [-0.05, 0) is 43.7 Å². The highest BCUT2D eigenvalue weighted by molar-refractivity contribution is 7.99. The van der Waals surface area contributed by atoms with Gasteiger partial charge in [-0.3, -0.25) is 9.36 Å². The maximum atomic E-state index is 13.0. The van der Waals surface area contributed by atoms with Gasteiger partial charge in [0, 0.05) is 31.9 Å². The molecule has 0 aliphatic carbocycles. The van der Waals surface area contributed by atoms with Crippen LogP contribution in [0.25, 0.3) is 5.69 Å². The van der Waals surface area contributed by atoms with Crippen molar-refractivity contribution in [2.75, 3.05) is 36.8 Å². The monoisotopic (exact) mass is 475 g/mol. The number of benzene rings is 2. The van der Waals surface area contributed by atoms with E-state index >= 15 is 0 Å². The number of alkyl halides is 3. The van der Waals surface area contributed by atoms with E-state index in [0.717, 1.165) is 28.9 Å². The van der Waals surface area contributed by atoms with E-state index in [4.69, 9.17) is 0 Å². The molecule has 1 aromatic heterocycles. The lowest BCUT2D eigenvalue weighted by Crippen LogP contribution is -2.49. The number of thioether (sulfide) groups is 1. The summed E-state index contributed by atoms with van der Waals surface area (Å²) in [4.78, 5) is 16.4. The van der Waals surface area contributed by atoms with Gasteiger partial charge in [-0.25, -0.2) is 0 Å². The Morgan fingerprint density at radius 1 is 1.06 bits per heavy atom. The summed E-state index contributed by atoms with van der Waals surface area (Å²) in [5.41, 5.74) is 3.08. The van der Waals surface area contributed by atoms with Crippen molar-refractivity contribution in [3.8, 4) is 5.69 Å². The lowest BCUT2D eigenvalue weighted by atomic mass is 10.1. The van der Waals surface area contributed by atoms with Crippen LogP contribution in [0, 0.1) is 13.8 Å². The van der Waals surface area contributed by atoms with E-state index in [9.17, 15) is 18.0 Å². The summed E-state index contributed by atoms with van der Waals surface area (Å²) in [5, 5.41) is 8.80. The molecule has 3 aromatic rings. The predicted molar refractivity (Wildman–Crippen MR) is 122 cm³/mol. The van der Waals surface area contributed by atoms with Crippen molar-refractivity contribution in [3.63, 3.8) is 0 Å². The molecule has 0 N–H and O–H groups in total. The summed E-state index contributed by atoms with van der Waals surface area (Å²) in [6.45, 7) is 5.93. The Labute approximate surface area is 194 Å². The number of hydrogen-bond donors (Lipinski definition) is 0. The van der Waals surface area contributed by atoms with Crippen molar-refractivity contribution in [2.24, 2.45) is 0 Å². The molecule has 0 unspecified atom stereocenters. The van der Waals surface area contributed by atoms with Crippen LogP contribution in [-0.4, -0.2) is 57.5 Å². The summed E-state index contributed by atoms with van der Waals surface area (Å²) in [5.74, 6) is 0.187. The van der Waals surface area contributed by atoms with Crippen LogP contribution >= 0.6 is 11.8 Å². The number of rotatable bonds is 5. The van der Waals surface area contributed by atoms with Crippen molar-refractivity contribution in [2.45, 2.75) is 25.2 Å². The molecule has 4 rings (SSSR count). The number of nitrogens with zero attached hydrogens (tertiary/aromatic N) is 5. The van der Waals surface area contributed by atoms with Crippen LogP contribution in [0.3, 0.4) is 0 Å². The number of halogens is 3. The number of amides is 1. The fourth-order valence-electron chi connectivity index (χ4n) is 3.87. The van der Waals surface area contributed by atoms with E-state index in [0.29, 0.717) is 37.0 Å². The van der Waals surface area contributed by atoms with Gasteiger partial charge < -0.3 is 9.80 Å². The lowest BCUT2D eigenvalue weighted by molar-refractivity contribution is -0.137. The Bertz CT molecular complexity index is 1140. The molecule has 0 bridgehead atoms. The fraction of sp³-hybridized carbons (Fsp3) is 0.348. The standard InChI is InChI=1S/C23H24F3N5OS/c1-16-6-7-20(17(2)12-16)31-15-27-28-22(31)33-14-21(32)30-10-8-29(9-11-30)19-5-3-4-18(13-19)23(24,25)26/h3-7,12-13,15H,8-11,14H2,1-2H3. The first-order chi connectivity index (χ1) is 15.7. The zero-order valence-corrected chi connectivity index (χ0v) is 19.2. The zero-order chi connectivity index (χ0) is 23.6. The van der Waals surface area contributed by atoms with Crippen LogP contribution in [0.2, 0.25) is 0 Å². The van der Waals surface area contributed by atoms with E-state index in [-0.39, 0.29) is 11.7 Å². The van der Waals surface area contributed by atoms with Crippen LogP contribution in [0.1, 0.15) is 16.7 Å². The van der Waals surface area contributed by atoms with Crippen LogP contribution in [0.4, 0.5) is 18.9 Å². The number of carbonyl (C=O) groups excluding carboxylic acids is 1. The van der Waals surface area contributed by atoms with Crippen molar-refractivity contribution >= 4 is 23.4 Å². The first kappa shape index (κ1) is 23.2. The molecule has 174 valence electrons. The van der Waals surface area contributed by atoms with Gasteiger partial charge in [0.05, 0.1) is 17.0 Å². The summed E-state index contributed by atoms with van der Waals surface area (Å²) >= 11 is 1.32. The van der Waals surface area contributed by atoms with Gasteiger partial charge in [-0.15, -0.1) is 10.2 Å². The molecule has 0 saturated carbocycles. The maximum Gasteiger partial charge on any atom is 0.416 e. The third-order valence-electron chi connectivity index (χ3n) is 5.62. The Morgan fingerprint density at radius 2 is 1.82 bits per heavy atom. The second kappa shape index (κ2) is 9.46. The van der Waals surface area contributed by atoms with Crippen LogP contribution in [0.5, 0.6) is 0 Å². The molecular formula is C23H24F3N5OS. The second-order valence-corrected chi connectivity index (χ2v) is 8.92. The normalized spacial score (nSPS) is 14.6. The molecule has 0 radical (unpaired) electrons. The highest BCUT2D eigenvalue weighted by atomic mass is 32.2. The summed E-state index contributed by atoms with van der Waals surface area (Å²) in [6.07, 6.45) is -2.74. The number of piperazine rings is 1. The molecule has 2 aromatic carbocycles. The molecule has 0 atom stereocenters.